The number of carboxylic acid groups (broad SMARTS) is 1. The van der Waals surface area contributed by atoms with E-state index in [-0.39, 0.29) is 0 Å². The summed E-state index contributed by atoms with van der Waals surface area (Å²) in [5, 5.41) is 11.1. The Morgan fingerprint density at radius 2 is 2.11 bits per heavy atom. The van der Waals surface area contributed by atoms with Gasteiger partial charge in [-0.15, -0.1) is 11.3 Å². The first-order chi connectivity index (χ1) is 9.13. The third-order valence-corrected chi connectivity index (χ3v) is 3.94. The molecule has 1 aromatic heterocycles. The van der Waals surface area contributed by atoms with Crippen LogP contribution in [0.3, 0.4) is 0 Å². The highest BCUT2D eigenvalue weighted by molar-refractivity contribution is 7.07. The Balaban J connectivity index is 2.44. The number of benzene rings is 1. The Bertz CT molecular complexity index is 628. The number of para-hydroxylation sites is 1. The molecule has 4 nitrogen and oxygen atoms in total. The van der Waals surface area contributed by atoms with Crippen molar-refractivity contribution < 1.29 is 9.90 Å². The second-order valence-electron chi connectivity index (χ2n) is 4.25. The first-order valence-electron chi connectivity index (χ1n) is 6.10. The van der Waals surface area contributed by atoms with Crippen LogP contribution in [0, 0.1) is 0 Å². The summed E-state index contributed by atoms with van der Waals surface area (Å²) in [6.45, 7) is 1.88. The van der Waals surface area contributed by atoms with Crippen LogP contribution in [0.25, 0.3) is 0 Å². The molecule has 0 amide bonds. The third kappa shape index (κ3) is 2.93. The van der Waals surface area contributed by atoms with Crippen LogP contribution in [0.4, 0.5) is 5.69 Å². The van der Waals surface area contributed by atoms with Crippen LogP contribution in [0.15, 0.2) is 40.7 Å². The molecule has 0 saturated carbocycles. The van der Waals surface area contributed by atoms with Crippen molar-refractivity contribution in [1.82, 2.24) is 4.57 Å². The number of carbonyl (C=O) groups is 1. The molecule has 0 aliphatic heterocycles. The van der Waals surface area contributed by atoms with E-state index in [1.807, 2.05) is 54.3 Å². The van der Waals surface area contributed by atoms with E-state index in [9.17, 15) is 9.90 Å². The lowest BCUT2D eigenvalue weighted by Gasteiger charge is -2.10. The summed E-state index contributed by atoms with van der Waals surface area (Å²) in [6.07, 6.45) is 0.574. The van der Waals surface area contributed by atoms with Crippen molar-refractivity contribution in [2.24, 2.45) is 12.0 Å². The van der Waals surface area contributed by atoms with E-state index in [0.29, 0.717) is 6.42 Å². The molecule has 0 aliphatic carbocycles. The second-order valence-corrected chi connectivity index (χ2v) is 5.09. The molecular weight excluding hydrogens is 260 g/mol. The lowest BCUT2D eigenvalue weighted by Crippen LogP contribution is -2.19. The molecule has 5 heteroatoms. The molecule has 0 fully saturated rings. The van der Waals surface area contributed by atoms with Gasteiger partial charge in [-0.1, -0.05) is 25.1 Å². The topological polar surface area (TPSA) is 54.6 Å². The number of rotatable bonds is 4. The summed E-state index contributed by atoms with van der Waals surface area (Å²) in [5.41, 5.74) is 1.67. The summed E-state index contributed by atoms with van der Waals surface area (Å²) in [7, 11) is 1.86. The minimum absolute atomic E-state index is 0.471. The smallest absolute Gasteiger partial charge is 0.312 e. The highest BCUT2D eigenvalue weighted by Gasteiger charge is 2.20. The van der Waals surface area contributed by atoms with E-state index in [2.05, 4.69) is 4.99 Å². The van der Waals surface area contributed by atoms with Crippen LogP contribution in [0.5, 0.6) is 0 Å². The van der Waals surface area contributed by atoms with Crippen molar-refractivity contribution in [3.05, 3.63) is 46.2 Å². The molecule has 0 aliphatic rings. The molecule has 0 spiro atoms. The standard InChI is InChI=1S/C14H16N2O2S/c1-3-11(13(17)18)12-9-19-14(16(12)2)15-10-7-5-4-6-8-10/h4-9,11H,3H2,1-2H3,(H,17,18)/b15-14+. The van der Waals surface area contributed by atoms with Gasteiger partial charge in [0.15, 0.2) is 4.80 Å². The van der Waals surface area contributed by atoms with E-state index in [4.69, 9.17) is 0 Å². The van der Waals surface area contributed by atoms with Crippen LogP contribution < -0.4 is 4.80 Å². The van der Waals surface area contributed by atoms with Crippen molar-refractivity contribution >= 4 is 23.0 Å². The molecule has 0 bridgehead atoms. The predicted octanol–water partition coefficient (Wildman–Crippen LogP) is 2.90. The van der Waals surface area contributed by atoms with Crippen molar-refractivity contribution in [3.8, 4) is 0 Å². The van der Waals surface area contributed by atoms with Gasteiger partial charge in [0, 0.05) is 18.1 Å². The maximum absolute atomic E-state index is 11.2. The van der Waals surface area contributed by atoms with Gasteiger partial charge in [0.05, 0.1) is 11.6 Å². The summed E-state index contributed by atoms with van der Waals surface area (Å²) in [5.74, 6) is -1.26. The zero-order chi connectivity index (χ0) is 13.8. The van der Waals surface area contributed by atoms with Crippen molar-refractivity contribution in [3.63, 3.8) is 0 Å². The molecule has 0 radical (unpaired) electrons. The number of carboxylic acids is 1. The quantitative estimate of drug-likeness (QED) is 0.933. The van der Waals surface area contributed by atoms with E-state index in [0.717, 1.165) is 16.2 Å². The molecule has 1 N–H and O–H groups in total. The van der Waals surface area contributed by atoms with Gasteiger partial charge in [-0.05, 0) is 18.6 Å². The van der Waals surface area contributed by atoms with Gasteiger partial charge in [0.25, 0.3) is 0 Å². The fraction of sp³-hybridized carbons (Fsp3) is 0.286. The van der Waals surface area contributed by atoms with Gasteiger partial charge in [-0.2, -0.15) is 0 Å². The highest BCUT2D eigenvalue weighted by atomic mass is 32.1. The number of aliphatic carboxylic acids is 1. The zero-order valence-electron chi connectivity index (χ0n) is 10.9. The van der Waals surface area contributed by atoms with Crippen molar-refractivity contribution in [2.45, 2.75) is 19.3 Å². The molecule has 1 atom stereocenters. The Kier molecular flexibility index (Phi) is 4.16. The Morgan fingerprint density at radius 1 is 1.42 bits per heavy atom. The second kappa shape index (κ2) is 5.84. The number of thiazole rings is 1. The number of hydrogen-bond acceptors (Lipinski definition) is 3. The minimum atomic E-state index is -0.790. The number of hydrogen-bond donors (Lipinski definition) is 1. The molecule has 1 unspecified atom stereocenters. The fourth-order valence-corrected chi connectivity index (χ4v) is 2.89. The Hall–Kier alpha value is -1.88. The molecule has 1 aromatic carbocycles. The average molecular weight is 276 g/mol. The zero-order valence-corrected chi connectivity index (χ0v) is 11.7. The van der Waals surface area contributed by atoms with Gasteiger partial charge in [0.2, 0.25) is 0 Å². The first-order valence-corrected chi connectivity index (χ1v) is 6.98. The average Bonchev–Trinajstić information content (AvgIpc) is 2.74. The fourth-order valence-electron chi connectivity index (χ4n) is 1.92. The van der Waals surface area contributed by atoms with E-state index in [1.54, 1.807) is 0 Å². The van der Waals surface area contributed by atoms with Crippen LogP contribution in [-0.4, -0.2) is 15.6 Å². The summed E-state index contributed by atoms with van der Waals surface area (Å²) in [4.78, 5) is 16.5. The Labute approximate surface area is 115 Å². The van der Waals surface area contributed by atoms with E-state index < -0.39 is 11.9 Å². The molecule has 0 saturated heterocycles. The summed E-state index contributed by atoms with van der Waals surface area (Å²) < 4.78 is 1.86. The predicted molar refractivity (Wildman–Crippen MR) is 75.6 cm³/mol. The normalized spacial score (nSPS) is 13.5. The van der Waals surface area contributed by atoms with Crippen LogP contribution in [0.2, 0.25) is 0 Å². The lowest BCUT2D eigenvalue weighted by atomic mass is 10.0. The van der Waals surface area contributed by atoms with Crippen molar-refractivity contribution in [1.29, 1.82) is 0 Å². The number of nitrogens with zero attached hydrogens (tertiary/aromatic N) is 2. The van der Waals surface area contributed by atoms with Crippen molar-refractivity contribution in [2.75, 3.05) is 0 Å². The van der Waals surface area contributed by atoms with Gasteiger partial charge in [0.1, 0.15) is 0 Å². The van der Waals surface area contributed by atoms with E-state index in [1.165, 1.54) is 11.3 Å². The Morgan fingerprint density at radius 3 is 2.68 bits per heavy atom. The SMILES string of the molecule is CCC(C(=O)O)c1cs/c(=N/c2ccccc2)n1C. The van der Waals surface area contributed by atoms with Crippen LogP contribution in [-0.2, 0) is 11.8 Å². The van der Waals surface area contributed by atoms with Gasteiger partial charge in [-0.3, -0.25) is 4.79 Å². The largest absolute Gasteiger partial charge is 0.481 e. The maximum atomic E-state index is 11.2. The highest BCUT2D eigenvalue weighted by Crippen LogP contribution is 2.20. The van der Waals surface area contributed by atoms with Crippen LogP contribution in [0.1, 0.15) is 25.0 Å². The number of aromatic nitrogens is 1. The molecule has 2 rings (SSSR count). The summed E-state index contributed by atoms with van der Waals surface area (Å²) in [6, 6.07) is 9.65. The molecule has 1 heterocycles. The molecule has 19 heavy (non-hydrogen) atoms. The van der Waals surface area contributed by atoms with Gasteiger partial charge < -0.3 is 9.67 Å². The van der Waals surface area contributed by atoms with Gasteiger partial charge in [-0.25, -0.2) is 4.99 Å². The first kappa shape index (κ1) is 13.5. The minimum Gasteiger partial charge on any atom is -0.481 e. The molecule has 2 aromatic rings. The van der Waals surface area contributed by atoms with Crippen LogP contribution >= 0.6 is 11.3 Å². The lowest BCUT2D eigenvalue weighted by molar-refractivity contribution is -0.139. The monoisotopic (exact) mass is 276 g/mol. The third-order valence-electron chi connectivity index (χ3n) is 3.00. The summed E-state index contributed by atoms with van der Waals surface area (Å²) >= 11 is 1.47. The maximum Gasteiger partial charge on any atom is 0.312 e. The van der Waals surface area contributed by atoms with E-state index >= 15 is 0 Å². The van der Waals surface area contributed by atoms with Gasteiger partial charge >= 0.3 is 5.97 Å². The molecular formula is C14H16N2O2S. The molecule has 100 valence electrons.